The quantitative estimate of drug-likeness (QED) is 0.914. The minimum atomic E-state index is -1.51. The number of halogens is 2. The van der Waals surface area contributed by atoms with Gasteiger partial charge < -0.3 is 10.0 Å². The SMILES string of the molecule is CCN(C(=O)c1cc(F)ccc1F)C(C)(C)C(=O)O. The lowest BCUT2D eigenvalue weighted by Crippen LogP contribution is -2.53. The molecule has 19 heavy (non-hydrogen) atoms. The zero-order valence-corrected chi connectivity index (χ0v) is 10.9. The Balaban J connectivity index is 3.23. The number of hydrogen-bond acceptors (Lipinski definition) is 2. The Morgan fingerprint density at radius 3 is 2.37 bits per heavy atom. The Morgan fingerprint density at radius 1 is 1.32 bits per heavy atom. The van der Waals surface area contributed by atoms with Gasteiger partial charge in [0.2, 0.25) is 0 Å². The third kappa shape index (κ3) is 2.89. The van der Waals surface area contributed by atoms with Gasteiger partial charge in [-0.3, -0.25) is 4.79 Å². The molecule has 0 heterocycles. The molecule has 0 aliphatic carbocycles. The van der Waals surface area contributed by atoms with E-state index in [1.165, 1.54) is 13.8 Å². The third-order valence-corrected chi connectivity index (χ3v) is 2.92. The molecular weight excluding hydrogens is 256 g/mol. The van der Waals surface area contributed by atoms with Gasteiger partial charge in [0, 0.05) is 6.54 Å². The number of amides is 1. The summed E-state index contributed by atoms with van der Waals surface area (Å²) in [5.74, 6) is -3.72. The van der Waals surface area contributed by atoms with Gasteiger partial charge in [-0.1, -0.05) is 0 Å². The van der Waals surface area contributed by atoms with Crippen LogP contribution in [0.2, 0.25) is 0 Å². The lowest BCUT2D eigenvalue weighted by atomic mass is 10.0. The van der Waals surface area contributed by atoms with Crippen LogP contribution in [0.15, 0.2) is 18.2 Å². The summed E-state index contributed by atoms with van der Waals surface area (Å²) in [5.41, 5.74) is -1.99. The van der Waals surface area contributed by atoms with Crippen molar-refractivity contribution in [2.24, 2.45) is 0 Å². The van der Waals surface area contributed by atoms with Gasteiger partial charge in [-0.15, -0.1) is 0 Å². The monoisotopic (exact) mass is 271 g/mol. The van der Waals surface area contributed by atoms with E-state index in [2.05, 4.69) is 0 Å². The van der Waals surface area contributed by atoms with Gasteiger partial charge in [-0.2, -0.15) is 0 Å². The molecular formula is C13H15F2NO3. The molecule has 0 bridgehead atoms. The molecule has 1 aromatic carbocycles. The van der Waals surface area contributed by atoms with Crippen molar-refractivity contribution in [2.75, 3.05) is 6.54 Å². The van der Waals surface area contributed by atoms with E-state index in [0.29, 0.717) is 0 Å². The molecule has 0 aliphatic heterocycles. The Hall–Kier alpha value is -1.98. The number of carboxylic acid groups (broad SMARTS) is 1. The van der Waals surface area contributed by atoms with Crippen LogP contribution in [0.3, 0.4) is 0 Å². The Kier molecular flexibility index (Phi) is 4.24. The number of nitrogens with zero attached hydrogens (tertiary/aromatic N) is 1. The molecule has 0 fully saturated rings. The number of likely N-dealkylation sites (N-methyl/N-ethyl adjacent to an activating group) is 1. The summed E-state index contributed by atoms with van der Waals surface area (Å²) in [6.07, 6.45) is 0. The molecule has 1 aromatic rings. The number of aliphatic carboxylic acids is 1. The summed E-state index contributed by atoms with van der Waals surface area (Å²) in [5, 5.41) is 9.10. The van der Waals surface area contributed by atoms with Crippen LogP contribution in [0.1, 0.15) is 31.1 Å². The Morgan fingerprint density at radius 2 is 1.89 bits per heavy atom. The summed E-state index contributed by atoms with van der Waals surface area (Å²) in [4.78, 5) is 24.3. The number of carboxylic acids is 1. The molecule has 104 valence electrons. The normalized spacial score (nSPS) is 11.2. The first-order valence-corrected chi connectivity index (χ1v) is 5.72. The molecule has 1 rings (SSSR count). The summed E-state index contributed by atoms with van der Waals surface area (Å²) in [6.45, 7) is 4.29. The fraction of sp³-hybridized carbons (Fsp3) is 0.385. The standard InChI is InChI=1S/C13H15F2NO3/c1-4-16(13(2,3)12(18)19)11(17)9-7-8(14)5-6-10(9)15/h5-7H,4H2,1-3H3,(H,18,19). The first-order valence-electron chi connectivity index (χ1n) is 5.72. The van der Waals surface area contributed by atoms with E-state index in [1.54, 1.807) is 6.92 Å². The van der Waals surface area contributed by atoms with Crippen LogP contribution in [0.25, 0.3) is 0 Å². The van der Waals surface area contributed by atoms with Crippen molar-refractivity contribution in [3.63, 3.8) is 0 Å². The second-order valence-electron chi connectivity index (χ2n) is 4.54. The van der Waals surface area contributed by atoms with Gasteiger partial charge in [-0.25, -0.2) is 13.6 Å². The van der Waals surface area contributed by atoms with E-state index in [9.17, 15) is 18.4 Å². The van der Waals surface area contributed by atoms with Gasteiger partial charge in [-0.05, 0) is 39.0 Å². The Bertz CT molecular complexity index is 515. The van der Waals surface area contributed by atoms with Crippen molar-refractivity contribution in [3.05, 3.63) is 35.4 Å². The van der Waals surface area contributed by atoms with Crippen molar-refractivity contribution >= 4 is 11.9 Å². The van der Waals surface area contributed by atoms with Crippen LogP contribution in [-0.2, 0) is 4.79 Å². The van der Waals surface area contributed by atoms with Crippen molar-refractivity contribution < 1.29 is 23.5 Å². The maximum Gasteiger partial charge on any atom is 0.329 e. The van der Waals surface area contributed by atoms with E-state index in [0.717, 1.165) is 23.1 Å². The first-order chi connectivity index (χ1) is 8.71. The molecule has 0 spiro atoms. The first kappa shape index (κ1) is 15.1. The Labute approximate surface area is 109 Å². The van der Waals surface area contributed by atoms with E-state index < -0.39 is 34.6 Å². The predicted octanol–water partition coefficient (Wildman–Crippen LogP) is 2.29. The maximum atomic E-state index is 13.5. The smallest absolute Gasteiger partial charge is 0.329 e. The average Bonchev–Trinajstić information content (AvgIpc) is 2.32. The average molecular weight is 271 g/mol. The molecule has 0 saturated carbocycles. The van der Waals surface area contributed by atoms with Crippen LogP contribution in [0, 0.1) is 11.6 Å². The molecule has 1 amide bonds. The van der Waals surface area contributed by atoms with E-state index in [1.807, 2.05) is 0 Å². The van der Waals surface area contributed by atoms with Crippen molar-refractivity contribution in [2.45, 2.75) is 26.3 Å². The fourth-order valence-electron chi connectivity index (χ4n) is 1.71. The van der Waals surface area contributed by atoms with Crippen molar-refractivity contribution in [3.8, 4) is 0 Å². The number of hydrogen-bond donors (Lipinski definition) is 1. The minimum absolute atomic E-state index is 0.0636. The summed E-state index contributed by atoms with van der Waals surface area (Å²) in [6, 6.07) is 2.49. The highest BCUT2D eigenvalue weighted by atomic mass is 19.1. The minimum Gasteiger partial charge on any atom is -0.480 e. The number of benzene rings is 1. The second-order valence-corrected chi connectivity index (χ2v) is 4.54. The van der Waals surface area contributed by atoms with Gasteiger partial charge in [0.1, 0.15) is 17.2 Å². The van der Waals surface area contributed by atoms with E-state index in [4.69, 9.17) is 5.11 Å². The maximum absolute atomic E-state index is 13.5. The molecule has 0 unspecified atom stereocenters. The number of rotatable bonds is 4. The third-order valence-electron chi connectivity index (χ3n) is 2.92. The highest BCUT2D eigenvalue weighted by Gasteiger charge is 2.38. The van der Waals surface area contributed by atoms with Gasteiger partial charge in [0.25, 0.3) is 5.91 Å². The lowest BCUT2D eigenvalue weighted by Gasteiger charge is -2.34. The largest absolute Gasteiger partial charge is 0.480 e. The summed E-state index contributed by atoms with van der Waals surface area (Å²) in [7, 11) is 0. The molecule has 4 nitrogen and oxygen atoms in total. The van der Waals surface area contributed by atoms with Crippen molar-refractivity contribution in [1.82, 2.24) is 4.90 Å². The molecule has 0 aromatic heterocycles. The molecule has 0 aliphatic rings. The molecule has 0 radical (unpaired) electrons. The van der Waals surface area contributed by atoms with Gasteiger partial charge >= 0.3 is 5.97 Å². The van der Waals surface area contributed by atoms with Crippen LogP contribution in [0.4, 0.5) is 8.78 Å². The van der Waals surface area contributed by atoms with Gasteiger partial charge in [0.05, 0.1) is 5.56 Å². The second kappa shape index (κ2) is 5.34. The van der Waals surface area contributed by atoms with Crippen LogP contribution in [0.5, 0.6) is 0 Å². The van der Waals surface area contributed by atoms with E-state index >= 15 is 0 Å². The zero-order valence-electron chi connectivity index (χ0n) is 10.9. The molecule has 0 saturated heterocycles. The lowest BCUT2D eigenvalue weighted by molar-refractivity contribution is -0.147. The summed E-state index contributed by atoms with van der Waals surface area (Å²) >= 11 is 0. The highest BCUT2D eigenvalue weighted by molar-refractivity contribution is 5.97. The topological polar surface area (TPSA) is 57.6 Å². The van der Waals surface area contributed by atoms with E-state index in [-0.39, 0.29) is 6.54 Å². The van der Waals surface area contributed by atoms with Crippen molar-refractivity contribution in [1.29, 1.82) is 0 Å². The number of carbonyl (C=O) groups is 2. The molecule has 1 N–H and O–H groups in total. The zero-order chi connectivity index (χ0) is 14.8. The molecule has 0 atom stereocenters. The van der Waals surface area contributed by atoms with Crippen LogP contribution >= 0.6 is 0 Å². The predicted molar refractivity (Wildman–Crippen MR) is 64.8 cm³/mol. The highest BCUT2D eigenvalue weighted by Crippen LogP contribution is 2.20. The summed E-state index contributed by atoms with van der Waals surface area (Å²) < 4.78 is 26.6. The number of carbonyl (C=O) groups excluding carboxylic acids is 1. The van der Waals surface area contributed by atoms with Crippen LogP contribution < -0.4 is 0 Å². The van der Waals surface area contributed by atoms with Crippen LogP contribution in [-0.4, -0.2) is 34.0 Å². The molecule has 6 heteroatoms. The van der Waals surface area contributed by atoms with Gasteiger partial charge in [0.15, 0.2) is 0 Å². The fourth-order valence-corrected chi connectivity index (χ4v) is 1.71.